The first-order valence-electron chi connectivity index (χ1n) is 3.55. The largest absolute Gasteiger partial charge is 0.463 e. The van der Waals surface area contributed by atoms with Crippen molar-refractivity contribution in [3.63, 3.8) is 0 Å². The van der Waals surface area contributed by atoms with Gasteiger partial charge in [0.1, 0.15) is 5.76 Å². The monoisotopic (exact) mass is 166 g/mol. The Labute approximate surface area is 71.0 Å². The van der Waals surface area contributed by atoms with Crippen LogP contribution in [0.4, 0.5) is 0 Å². The number of rotatable bonds is 1. The molecule has 64 valence electrons. The fourth-order valence-electron chi connectivity index (χ4n) is 0.786. The zero-order valence-electron chi connectivity index (χ0n) is 7.03. The number of hydrogen-bond acceptors (Lipinski definition) is 3. The molecule has 12 heavy (non-hydrogen) atoms. The summed E-state index contributed by atoms with van der Waals surface area (Å²) in [4.78, 5) is 11.0. The summed E-state index contributed by atoms with van der Waals surface area (Å²) in [6.07, 6.45) is 6.86. The third-order valence-electron chi connectivity index (χ3n) is 1.35. The van der Waals surface area contributed by atoms with E-state index in [9.17, 15) is 4.79 Å². The first kappa shape index (κ1) is 8.59. The summed E-state index contributed by atoms with van der Waals surface area (Å²) in [5, 5.41) is 0. The molecule has 0 aliphatic carbocycles. The molecule has 0 unspecified atom stereocenters. The maximum Gasteiger partial charge on any atom is 0.373 e. The van der Waals surface area contributed by atoms with Crippen LogP contribution in [0, 0.1) is 0 Å². The van der Waals surface area contributed by atoms with Crippen LogP contribution in [0.25, 0.3) is 0 Å². The van der Waals surface area contributed by atoms with Crippen LogP contribution < -0.4 is 0 Å². The highest BCUT2D eigenvalue weighted by molar-refractivity contribution is 5.86. The maximum atomic E-state index is 11.0. The van der Waals surface area contributed by atoms with E-state index in [1.54, 1.807) is 31.2 Å². The molecular weight excluding hydrogens is 156 g/mol. The van der Waals surface area contributed by atoms with Crippen LogP contribution in [0.5, 0.6) is 0 Å². The molecule has 0 saturated heterocycles. The van der Waals surface area contributed by atoms with Gasteiger partial charge in [0.15, 0.2) is 0 Å². The van der Waals surface area contributed by atoms with Crippen molar-refractivity contribution in [2.24, 2.45) is 0 Å². The first-order chi connectivity index (χ1) is 5.74. The van der Waals surface area contributed by atoms with Gasteiger partial charge in [0, 0.05) is 0 Å². The second kappa shape index (κ2) is 3.76. The minimum absolute atomic E-state index is 0.208. The molecule has 0 saturated carbocycles. The highest BCUT2D eigenvalue weighted by atomic mass is 16.6. The van der Waals surface area contributed by atoms with Gasteiger partial charge in [-0.3, -0.25) is 0 Å². The lowest BCUT2D eigenvalue weighted by Crippen LogP contribution is -2.06. The summed E-state index contributed by atoms with van der Waals surface area (Å²) in [6, 6.07) is 0. The fourth-order valence-corrected chi connectivity index (χ4v) is 0.786. The molecular formula is C9H10O3. The van der Waals surface area contributed by atoms with E-state index in [1.807, 2.05) is 0 Å². The van der Waals surface area contributed by atoms with Crippen LogP contribution in [0.1, 0.15) is 6.92 Å². The number of ether oxygens (including phenoxy) is 2. The van der Waals surface area contributed by atoms with Crippen molar-refractivity contribution in [3.8, 4) is 0 Å². The summed E-state index contributed by atoms with van der Waals surface area (Å²) in [7, 11) is 1.32. The molecule has 0 aromatic rings. The lowest BCUT2D eigenvalue weighted by atomic mass is 10.4. The van der Waals surface area contributed by atoms with Gasteiger partial charge in [0.2, 0.25) is 5.76 Å². The normalized spacial score (nSPS) is 15.5. The number of allylic oxidation sites excluding steroid dienone is 5. The van der Waals surface area contributed by atoms with Gasteiger partial charge in [-0.1, -0.05) is 12.2 Å². The first-order valence-corrected chi connectivity index (χ1v) is 3.55. The highest BCUT2D eigenvalue weighted by Crippen LogP contribution is 2.10. The molecule has 1 aliphatic rings. The third-order valence-corrected chi connectivity index (χ3v) is 1.35. The summed E-state index contributed by atoms with van der Waals surface area (Å²) < 4.78 is 9.65. The van der Waals surface area contributed by atoms with Crippen molar-refractivity contribution in [2.75, 3.05) is 7.11 Å². The van der Waals surface area contributed by atoms with E-state index < -0.39 is 5.97 Å². The predicted molar refractivity (Wildman–Crippen MR) is 44.1 cm³/mol. The third kappa shape index (κ3) is 1.99. The van der Waals surface area contributed by atoms with Gasteiger partial charge in [0.25, 0.3) is 0 Å². The van der Waals surface area contributed by atoms with E-state index >= 15 is 0 Å². The van der Waals surface area contributed by atoms with Crippen molar-refractivity contribution in [1.29, 1.82) is 0 Å². The standard InChI is InChI=1S/C9H10O3/c1-7-5-3-4-6-8(12-7)9(10)11-2/h3-6H,1-2H3. The van der Waals surface area contributed by atoms with E-state index in [0.717, 1.165) is 0 Å². The van der Waals surface area contributed by atoms with Crippen molar-refractivity contribution in [1.82, 2.24) is 0 Å². The Bertz CT molecular complexity index is 271. The van der Waals surface area contributed by atoms with Crippen LogP contribution in [-0.4, -0.2) is 13.1 Å². The van der Waals surface area contributed by atoms with Crippen molar-refractivity contribution < 1.29 is 14.3 Å². The van der Waals surface area contributed by atoms with Gasteiger partial charge >= 0.3 is 5.97 Å². The predicted octanol–water partition coefficient (Wildman–Crippen LogP) is 1.53. The second-order valence-corrected chi connectivity index (χ2v) is 2.29. The van der Waals surface area contributed by atoms with Crippen molar-refractivity contribution in [3.05, 3.63) is 35.8 Å². The second-order valence-electron chi connectivity index (χ2n) is 2.29. The highest BCUT2D eigenvalue weighted by Gasteiger charge is 2.11. The van der Waals surface area contributed by atoms with Crippen molar-refractivity contribution in [2.45, 2.75) is 6.92 Å². The summed E-state index contributed by atoms with van der Waals surface area (Å²) in [5.74, 6) is 0.412. The zero-order chi connectivity index (χ0) is 8.97. The van der Waals surface area contributed by atoms with E-state index in [2.05, 4.69) is 4.74 Å². The van der Waals surface area contributed by atoms with Gasteiger partial charge in [-0.25, -0.2) is 4.79 Å². The number of methoxy groups -OCH3 is 1. The molecule has 0 N–H and O–H groups in total. The van der Waals surface area contributed by atoms with Gasteiger partial charge in [-0.15, -0.1) is 0 Å². The maximum absolute atomic E-state index is 11.0. The van der Waals surface area contributed by atoms with Gasteiger partial charge in [-0.05, 0) is 19.1 Å². The molecule has 0 bridgehead atoms. The van der Waals surface area contributed by atoms with Crippen LogP contribution in [-0.2, 0) is 14.3 Å². The van der Waals surface area contributed by atoms with E-state index in [1.165, 1.54) is 7.11 Å². The number of hydrogen-bond donors (Lipinski definition) is 0. The SMILES string of the molecule is COC(=O)C1=CC=CC=C(C)O1. The lowest BCUT2D eigenvalue weighted by Gasteiger charge is -2.05. The molecule has 0 aromatic heterocycles. The quantitative estimate of drug-likeness (QED) is 0.554. The molecule has 0 radical (unpaired) electrons. The number of carbonyl (C=O) groups excluding carboxylic acids is 1. The van der Waals surface area contributed by atoms with E-state index in [0.29, 0.717) is 5.76 Å². The van der Waals surface area contributed by atoms with Crippen molar-refractivity contribution >= 4 is 5.97 Å². The Morgan fingerprint density at radius 2 is 2.08 bits per heavy atom. The van der Waals surface area contributed by atoms with E-state index in [-0.39, 0.29) is 5.76 Å². The molecule has 0 aromatic carbocycles. The molecule has 0 spiro atoms. The number of esters is 1. The van der Waals surface area contributed by atoms with Crippen LogP contribution in [0.3, 0.4) is 0 Å². The van der Waals surface area contributed by atoms with Crippen LogP contribution >= 0.6 is 0 Å². The smallest absolute Gasteiger partial charge is 0.373 e. The summed E-state index contributed by atoms with van der Waals surface area (Å²) in [6.45, 7) is 1.77. The Hall–Kier alpha value is -1.51. The van der Waals surface area contributed by atoms with Crippen LogP contribution in [0.2, 0.25) is 0 Å². The lowest BCUT2D eigenvalue weighted by molar-refractivity contribution is -0.139. The topological polar surface area (TPSA) is 35.5 Å². The molecule has 1 heterocycles. The minimum atomic E-state index is -0.464. The average Bonchev–Trinajstić information content (AvgIpc) is 2.28. The minimum Gasteiger partial charge on any atom is -0.463 e. The molecule has 3 heteroatoms. The Morgan fingerprint density at radius 3 is 2.75 bits per heavy atom. The molecule has 0 amide bonds. The summed E-state index contributed by atoms with van der Waals surface area (Å²) >= 11 is 0. The van der Waals surface area contributed by atoms with Gasteiger partial charge in [-0.2, -0.15) is 0 Å². The van der Waals surface area contributed by atoms with E-state index in [4.69, 9.17) is 4.74 Å². The zero-order valence-corrected chi connectivity index (χ0v) is 7.03. The van der Waals surface area contributed by atoms with Crippen LogP contribution in [0.15, 0.2) is 35.8 Å². The molecule has 0 atom stereocenters. The molecule has 1 aliphatic heterocycles. The molecule has 3 nitrogen and oxygen atoms in total. The Morgan fingerprint density at radius 1 is 1.42 bits per heavy atom. The van der Waals surface area contributed by atoms with Gasteiger partial charge in [0.05, 0.1) is 7.11 Å². The average molecular weight is 166 g/mol. The van der Waals surface area contributed by atoms with Gasteiger partial charge < -0.3 is 9.47 Å². The summed E-state index contributed by atoms with van der Waals surface area (Å²) in [5.41, 5.74) is 0. The number of carbonyl (C=O) groups is 1. The molecule has 1 rings (SSSR count). The Balaban J connectivity index is 2.80. The fraction of sp³-hybridized carbons (Fsp3) is 0.222. The molecule has 0 fully saturated rings. The Kier molecular flexibility index (Phi) is 2.69.